The van der Waals surface area contributed by atoms with Crippen molar-refractivity contribution in [3.05, 3.63) is 28.8 Å². The number of rotatable bonds is 6. The first-order chi connectivity index (χ1) is 8.47. The van der Waals surface area contributed by atoms with E-state index < -0.39 is 0 Å². The van der Waals surface area contributed by atoms with Gasteiger partial charge in [0.2, 0.25) is 0 Å². The number of benzene rings is 1. The fourth-order valence-electron chi connectivity index (χ4n) is 1.67. The number of halogens is 1. The second-order valence-corrected chi connectivity index (χ2v) is 6.10. The third-order valence-electron chi connectivity index (χ3n) is 3.01. The van der Waals surface area contributed by atoms with E-state index in [2.05, 4.69) is 25.1 Å². The summed E-state index contributed by atoms with van der Waals surface area (Å²) in [4.78, 5) is 2.57. The predicted octanol–water partition coefficient (Wildman–Crippen LogP) is 3.55. The van der Waals surface area contributed by atoms with E-state index in [0.29, 0.717) is 16.1 Å². The third-order valence-corrected chi connectivity index (χ3v) is 4.20. The number of hydrogen-bond donors (Lipinski definition) is 1. The van der Waals surface area contributed by atoms with Crippen LogP contribution in [0.3, 0.4) is 0 Å². The maximum absolute atomic E-state index is 6.28. The van der Waals surface area contributed by atoms with Gasteiger partial charge in [-0.05, 0) is 43.6 Å². The first-order valence-electron chi connectivity index (χ1n) is 5.78. The summed E-state index contributed by atoms with van der Waals surface area (Å²) in [5, 5.41) is 0.693. The molecule has 0 heterocycles. The molecule has 1 atom stereocenters. The van der Waals surface area contributed by atoms with Crippen molar-refractivity contribution < 1.29 is 0 Å². The monoisotopic (exact) mass is 302 g/mol. The summed E-state index contributed by atoms with van der Waals surface area (Å²) >= 11 is 13.1. The van der Waals surface area contributed by atoms with Crippen LogP contribution >= 0.6 is 35.6 Å². The highest BCUT2D eigenvalue weighted by atomic mass is 35.5. The van der Waals surface area contributed by atoms with Crippen LogP contribution in [-0.2, 0) is 0 Å². The minimum atomic E-state index is 0.376. The SMILES string of the molecule is CSCCC(C)N(C)c1ccc(C(N)=S)cc1Cl. The Kier molecular flexibility index (Phi) is 6.26. The van der Waals surface area contributed by atoms with E-state index in [1.807, 2.05) is 30.0 Å². The van der Waals surface area contributed by atoms with E-state index in [4.69, 9.17) is 29.6 Å². The molecule has 18 heavy (non-hydrogen) atoms. The maximum atomic E-state index is 6.28. The Morgan fingerprint density at radius 1 is 1.56 bits per heavy atom. The largest absolute Gasteiger partial charge is 0.389 e. The first kappa shape index (κ1) is 15.6. The molecule has 0 radical (unpaired) electrons. The molecule has 1 aromatic carbocycles. The number of nitrogens with two attached hydrogens (primary N) is 1. The normalized spacial score (nSPS) is 12.2. The van der Waals surface area contributed by atoms with Gasteiger partial charge >= 0.3 is 0 Å². The number of thioether (sulfide) groups is 1. The predicted molar refractivity (Wildman–Crippen MR) is 88.2 cm³/mol. The van der Waals surface area contributed by atoms with E-state index in [0.717, 1.165) is 23.4 Å². The lowest BCUT2D eigenvalue weighted by molar-refractivity contribution is 0.669. The van der Waals surface area contributed by atoms with Gasteiger partial charge < -0.3 is 10.6 Å². The Bertz CT molecular complexity index is 423. The summed E-state index contributed by atoms with van der Waals surface area (Å²) in [7, 11) is 2.06. The van der Waals surface area contributed by atoms with Crippen molar-refractivity contribution in [3.63, 3.8) is 0 Å². The molecule has 1 rings (SSSR count). The van der Waals surface area contributed by atoms with Gasteiger partial charge in [-0.2, -0.15) is 11.8 Å². The molecule has 5 heteroatoms. The molecule has 0 aliphatic rings. The summed E-state index contributed by atoms with van der Waals surface area (Å²) in [5.74, 6) is 1.15. The van der Waals surface area contributed by atoms with Crippen molar-refractivity contribution in [2.24, 2.45) is 5.73 Å². The second kappa shape index (κ2) is 7.22. The van der Waals surface area contributed by atoms with Crippen LogP contribution in [0.2, 0.25) is 5.02 Å². The topological polar surface area (TPSA) is 29.3 Å². The summed E-state index contributed by atoms with van der Waals surface area (Å²) in [6.45, 7) is 2.20. The molecular formula is C13H19ClN2S2. The van der Waals surface area contributed by atoms with Crippen molar-refractivity contribution in [1.82, 2.24) is 0 Å². The average Bonchev–Trinajstić information content (AvgIpc) is 2.34. The zero-order valence-electron chi connectivity index (χ0n) is 10.9. The maximum Gasteiger partial charge on any atom is 0.104 e. The summed E-state index contributed by atoms with van der Waals surface area (Å²) in [5.41, 5.74) is 7.42. The highest BCUT2D eigenvalue weighted by molar-refractivity contribution is 7.98. The van der Waals surface area contributed by atoms with Gasteiger partial charge in [-0.3, -0.25) is 0 Å². The minimum absolute atomic E-state index is 0.376. The Hall–Kier alpha value is -0.450. The van der Waals surface area contributed by atoms with Crippen LogP contribution in [0.15, 0.2) is 18.2 Å². The van der Waals surface area contributed by atoms with E-state index in [1.165, 1.54) is 0 Å². The summed E-state index contributed by atoms with van der Waals surface area (Å²) in [6.07, 6.45) is 3.25. The molecule has 2 nitrogen and oxygen atoms in total. The van der Waals surface area contributed by atoms with Gasteiger partial charge in [0, 0.05) is 18.7 Å². The number of thiocarbonyl (C=S) groups is 1. The zero-order valence-corrected chi connectivity index (χ0v) is 13.3. The second-order valence-electron chi connectivity index (χ2n) is 4.27. The van der Waals surface area contributed by atoms with Crippen LogP contribution in [0.5, 0.6) is 0 Å². The molecule has 0 amide bonds. The fourth-order valence-corrected chi connectivity index (χ4v) is 2.68. The smallest absolute Gasteiger partial charge is 0.104 e. The van der Waals surface area contributed by atoms with Gasteiger partial charge in [0.1, 0.15) is 4.99 Å². The number of nitrogens with zero attached hydrogens (tertiary/aromatic N) is 1. The molecule has 2 N–H and O–H groups in total. The van der Waals surface area contributed by atoms with Crippen molar-refractivity contribution in [1.29, 1.82) is 0 Å². The Labute approximate surface area is 124 Å². The highest BCUT2D eigenvalue weighted by Gasteiger charge is 2.13. The van der Waals surface area contributed by atoms with Gasteiger partial charge in [-0.1, -0.05) is 23.8 Å². The molecule has 0 aromatic heterocycles. The highest BCUT2D eigenvalue weighted by Crippen LogP contribution is 2.28. The van der Waals surface area contributed by atoms with E-state index in [-0.39, 0.29) is 0 Å². The van der Waals surface area contributed by atoms with Crippen LogP contribution in [0.4, 0.5) is 5.69 Å². The van der Waals surface area contributed by atoms with E-state index in [1.54, 1.807) is 0 Å². The average molecular weight is 303 g/mol. The van der Waals surface area contributed by atoms with Crippen LogP contribution in [0.25, 0.3) is 0 Å². The van der Waals surface area contributed by atoms with Gasteiger partial charge in [0.15, 0.2) is 0 Å². The van der Waals surface area contributed by atoms with Crippen molar-refractivity contribution in [3.8, 4) is 0 Å². The number of anilines is 1. The van der Waals surface area contributed by atoms with E-state index >= 15 is 0 Å². The molecule has 0 saturated carbocycles. The minimum Gasteiger partial charge on any atom is -0.389 e. The molecule has 0 aliphatic carbocycles. The van der Waals surface area contributed by atoms with Crippen molar-refractivity contribution in [2.75, 3.05) is 24.0 Å². The molecule has 0 fully saturated rings. The van der Waals surface area contributed by atoms with Crippen molar-refractivity contribution >= 4 is 46.3 Å². The molecule has 0 bridgehead atoms. The van der Waals surface area contributed by atoms with Crippen LogP contribution in [0.1, 0.15) is 18.9 Å². The lowest BCUT2D eigenvalue weighted by Gasteiger charge is -2.28. The molecule has 1 aromatic rings. The Morgan fingerprint density at radius 2 is 2.22 bits per heavy atom. The van der Waals surface area contributed by atoms with Gasteiger partial charge in [-0.15, -0.1) is 0 Å². The zero-order chi connectivity index (χ0) is 13.7. The first-order valence-corrected chi connectivity index (χ1v) is 7.96. The van der Waals surface area contributed by atoms with Gasteiger partial charge in [0.25, 0.3) is 0 Å². The summed E-state index contributed by atoms with van der Waals surface area (Å²) < 4.78 is 0. The van der Waals surface area contributed by atoms with Crippen LogP contribution in [0, 0.1) is 0 Å². The molecule has 0 aliphatic heterocycles. The van der Waals surface area contributed by atoms with E-state index in [9.17, 15) is 0 Å². The molecule has 100 valence electrons. The Balaban J connectivity index is 2.86. The molecular weight excluding hydrogens is 284 g/mol. The quantitative estimate of drug-likeness (QED) is 0.814. The molecule has 0 saturated heterocycles. The lowest BCUT2D eigenvalue weighted by atomic mass is 10.1. The molecule has 1 unspecified atom stereocenters. The molecule has 0 spiro atoms. The Morgan fingerprint density at radius 3 is 2.72 bits per heavy atom. The lowest BCUT2D eigenvalue weighted by Crippen LogP contribution is -2.29. The van der Waals surface area contributed by atoms with Gasteiger partial charge in [-0.25, -0.2) is 0 Å². The van der Waals surface area contributed by atoms with Crippen molar-refractivity contribution in [2.45, 2.75) is 19.4 Å². The summed E-state index contributed by atoms with van der Waals surface area (Å²) in [6, 6.07) is 6.18. The number of hydrogen-bond acceptors (Lipinski definition) is 3. The van der Waals surface area contributed by atoms with Gasteiger partial charge in [0.05, 0.1) is 10.7 Å². The standard InChI is InChI=1S/C13H19ClN2S2/c1-9(6-7-18-3)16(2)12-5-4-10(13(15)17)8-11(12)14/h4-5,8-9H,6-7H2,1-3H3,(H2,15,17). The van der Waals surface area contributed by atoms with Crippen LogP contribution < -0.4 is 10.6 Å². The fraction of sp³-hybridized carbons (Fsp3) is 0.462. The van der Waals surface area contributed by atoms with Crippen LogP contribution in [-0.4, -0.2) is 30.1 Å². The third kappa shape index (κ3) is 4.04.